The molecule has 0 saturated carbocycles. The number of rotatable bonds is 8. The summed E-state index contributed by atoms with van der Waals surface area (Å²) in [4.78, 5) is 29.3. The lowest BCUT2D eigenvalue weighted by Gasteiger charge is -2.12. The van der Waals surface area contributed by atoms with Gasteiger partial charge in [-0.25, -0.2) is 4.98 Å². The van der Waals surface area contributed by atoms with Crippen LogP contribution < -0.4 is 10.6 Å². The first-order valence-corrected chi connectivity index (χ1v) is 9.58. The quantitative estimate of drug-likeness (QED) is 0.442. The summed E-state index contributed by atoms with van der Waals surface area (Å²) in [7, 11) is 0. The molecule has 29 heavy (non-hydrogen) atoms. The van der Waals surface area contributed by atoms with Gasteiger partial charge in [0, 0.05) is 36.1 Å². The van der Waals surface area contributed by atoms with Gasteiger partial charge in [0.15, 0.2) is 0 Å². The zero-order valence-corrected chi connectivity index (χ0v) is 16.5. The lowest BCUT2D eigenvalue weighted by atomic mass is 10.1. The maximum absolute atomic E-state index is 12.7. The van der Waals surface area contributed by atoms with Crippen molar-refractivity contribution in [2.24, 2.45) is 0 Å². The molecule has 0 unspecified atom stereocenters. The summed E-state index contributed by atoms with van der Waals surface area (Å²) >= 11 is 6.21. The molecule has 0 spiro atoms. The fourth-order valence-electron chi connectivity index (χ4n) is 2.67. The Hall–Kier alpha value is -3.38. The zero-order valence-electron chi connectivity index (χ0n) is 15.7. The Morgan fingerprint density at radius 2 is 1.83 bits per heavy atom. The van der Waals surface area contributed by atoms with E-state index in [-0.39, 0.29) is 17.5 Å². The molecule has 1 aromatic heterocycles. The molecular formula is C22H21ClN4O2. The van der Waals surface area contributed by atoms with E-state index >= 15 is 0 Å². The fraction of sp³-hybridized carbons (Fsp3) is 0.136. The Bertz CT molecular complexity index is 985. The summed E-state index contributed by atoms with van der Waals surface area (Å²) in [5, 5.41) is 6.03. The molecular weight excluding hydrogens is 388 g/mol. The SMILES string of the molecule is O=C(NCCCn1ccnc1)C(=Cc1ccccc1Cl)NC(=O)c1ccccc1. The number of carbonyl (C=O) groups is 2. The highest BCUT2D eigenvalue weighted by Gasteiger charge is 2.15. The zero-order chi connectivity index (χ0) is 20.5. The second kappa shape index (κ2) is 10.2. The van der Waals surface area contributed by atoms with Gasteiger partial charge in [0.2, 0.25) is 0 Å². The van der Waals surface area contributed by atoms with Gasteiger partial charge < -0.3 is 15.2 Å². The van der Waals surface area contributed by atoms with Gasteiger partial charge in [-0.15, -0.1) is 0 Å². The number of amides is 2. The van der Waals surface area contributed by atoms with Gasteiger partial charge in [0.1, 0.15) is 5.70 Å². The average Bonchev–Trinajstić information content (AvgIpc) is 3.26. The summed E-state index contributed by atoms with van der Waals surface area (Å²) < 4.78 is 1.93. The van der Waals surface area contributed by atoms with Gasteiger partial charge in [-0.3, -0.25) is 9.59 Å². The molecule has 3 rings (SSSR count). The van der Waals surface area contributed by atoms with Crippen LogP contribution in [0.15, 0.2) is 79.0 Å². The van der Waals surface area contributed by atoms with Crippen molar-refractivity contribution in [1.29, 1.82) is 0 Å². The van der Waals surface area contributed by atoms with Gasteiger partial charge in [0.25, 0.3) is 11.8 Å². The number of aryl methyl sites for hydroxylation is 1. The third-order valence-corrected chi connectivity index (χ3v) is 4.52. The van der Waals surface area contributed by atoms with Crippen LogP contribution in [0.3, 0.4) is 0 Å². The Morgan fingerprint density at radius 3 is 2.55 bits per heavy atom. The maximum atomic E-state index is 12.7. The molecule has 2 N–H and O–H groups in total. The van der Waals surface area contributed by atoms with Gasteiger partial charge >= 0.3 is 0 Å². The molecule has 0 aliphatic carbocycles. The number of aromatic nitrogens is 2. The number of halogens is 1. The monoisotopic (exact) mass is 408 g/mol. The number of imidazole rings is 1. The van der Waals surface area contributed by atoms with E-state index in [1.54, 1.807) is 61.1 Å². The van der Waals surface area contributed by atoms with Gasteiger partial charge in [-0.05, 0) is 36.3 Å². The van der Waals surface area contributed by atoms with E-state index in [1.807, 2.05) is 22.9 Å². The smallest absolute Gasteiger partial charge is 0.267 e. The minimum atomic E-state index is -0.375. The van der Waals surface area contributed by atoms with Gasteiger partial charge in [0.05, 0.1) is 6.33 Å². The average molecular weight is 409 g/mol. The molecule has 0 bridgehead atoms. The molecule has 6 nitrogen and oxygen atoms in total. The second-order valence-electron chi connectivity index (χ2n) is 6.31. The van der Waals surface area contributed by atoms with Crippen molar-refractivity contribution in [2.75, 3.05) is 6.54 Å². The lowest BCUT2D eigenvalue weighted by molar-refractivity contribution is -0.117. The van der Waals surface area contributed by atoms with Crippen LogP contribution in [0.5, 0.6) is 0 Å². The van der Waals surface area contributed by atoms with Crippen molar-refractivity contribution >= 4 is 29.5 Å². The number of hydrogen-bond acceptors (Lipinski definition) is 3. The van der Waals surface area contributed by atoms with Gasteiger partial charge in [-0.1, -0.05) is 48.0 Å². The second-order valence-corrected chi connectivity index (χ2v) is 6.72. The van der Waals surface area contributed by atoms with Crippen molar-refractivity contribution in [3.63, 3.8) is 0 Å². The predicted octanol–water partition coefficient (Wildman–Crippen LogP) is 3.51. The third kappa shape index (κ3) is 6.05. The number of nitrogens with zero attached hydrogens (tertiary/aromatic N) is 2. The molecule has 1 heterocycles. The highest BCUT2D eigenvalue weighted by atomic mass is 35.5. The molecule has 0 aliphatic heterocycles. The first kappa shape index (κ1) is 20.4. The molecule has 0 aliphatic rings. The topological polar surface area (TPSA) is 76.0 Å². The molecule has 7 heteroatoms. The first-order chi connectivity index (χ1) is 14.1. The molecule has 0 atom stereocenters. The molecule has 3 aromatic rings. The maximum Gasteiger partial charge on any atom is 0.267 e. The summed E-state index contributed by atoms with van der Waals surface area (Å²) in [5.41, 5.74) is 1.24. The van der Waals surface area contributed by atoms with Crippen LogP contribution in [0.2, 0.25) is 5.02 Å². The van der Waals surface area contributed by atoms with Crippen LogP contribution >= 0.6 is 11.6 Å². The summed E-state index contributed by atoms with van der Waals surface area (Å²) in [6, 6.07) is 15.9. The fourth-order valence-corrected chi connectivity index (χ4v) is 2.86. The summed E-state index contributed by atoms with van der Waals surface area (Å²) in [6.07, 6.45) is 7.61. The van der Waals surface area contributed by atoms with E-state index in [9.17, 15) is 9.59 Å². The van der Waals surface area contributed by atoms with Crippen molar-refractivity contribution in [1.82, 2.24) is 20.2 Å². The lowest BCUT2D eigenvalue weighted by Crippen LogP contribution is -2.35. The van der Waals surface area contributed by atoms with Crippen LogP contribution in [-0.2, 0) is 11.3 Å². The highest BCUT2D eigenvalue weighted by Crippen LogP contribution is 2.18. The van der Waals surface area contributed by atoms with E-state index in [4.69, 9.17) is 11.6 Å². The van der Waals surface area contributed by atoms with Gasteiger partial charge in [-0.2, -0.15) is 0 Å². The standard InChI is InChI=1S/C22H21ClN4O2/c23-19-10-5-4-9-18(19)15-20(26-21(28)17-7-2-1-3-8-17)22(29)25-11-6-13-27-14-12-24-16-27/h1-5,7-10,12,14-16H,6,11,13H2,(H,25,29)(H,26,28). The Labute approximate surface area is 174 Å². The Kier molecular flexibility index (Phi) is 7.19. The molecule has 0 radical (unpaired) electrons. The largest absolute Gasteiger partial charge is 0.351 e. The van der Waals surface area contributed by atoms with E-state index in [0.717, 1.165) is 13.0 Å². The molecule has 0 saturated heterocycles. The number of carbonyl (C=O) groups excluding carboxylic acids is 2. The molecule has 0 fully saturated rings. The van der Waals surface area contributed by atoms with Crippen molar-refractivity contribution in [3.8, 4) is 0 Å². The van der Waals surface area contributed by atoms with Crippen molar-refractivity contribution in [3.05, 3.63) is 95.2 Å². The summed E-state index contributed by atoms with van der Waals surface area (Å²) in [6.45, 7) is 1.19. The third-order valence-electron chi connectivity index (χ3n) is 4.17. The minimum absolute atomic E-state index is 0.134. The van der Waals surface area contributed by atoms with Crippen LogP contribution in [0.4, 0.5) is 0 Å². The molecule has 148 valence electrons. The van der Waals surface area contributed by atoms with Crippen molar-refractivity contribution in [2.45, 2.75) is 13.0 Å². The van der Waals surface area contributed by atoms with Crippen molar-refractivity contribution < 1.29 is 9.59 Å². The van der Waals surface area contributed by atoms with Crippen LogP contribution in [0, 0.1) is 0 Å². The summed E-state index contributed by atoms with van der Waals surface area (Å²) in [5.74, 6) is -0.739. The highest BCUT2D eigenvalue weighted by molar-refractivity contribution is 6.32. The van der Waals surface area contributed by atoms with E-state index in [0.29, 0.717) is 22.7 Å². The number of benzene rings is 2. The van der Waals surface area contributed by atoms with Crippen LogP contribution in [-0.4, -0.2) is 27.9 Å². The molecule has 2 amide bonds. The predicted molar refractivity (Wildman–Crippen MR) is 113 cm³/mol. The van der Waals surface area contributed by atoms with E-state index in [2.05, 4.69) is 15.6 Å². The van der Waals surface area contributed by atoms with E-state index < -0.39 is 0 Å². The van der Waals surface area contributed by atoms with Crippen LogP contribution in [0.25, 0.3) is 6.08 Å². The van der Waals surface area contributed by atoms with Crippen LogP contribution in [0.1, 0.15) is 22.3 Å². The number of hydrogen-bond donors (Lipinski definition) is 2. The molecule has 2 aromatic carbocycles. The first-order valence-electron chi connectivity index (χ1n) is 9.20. The number of nitrogens with one attached hydrogen (secondary N) is 2. The normalized spacial score (nSPS) is 11.1. The van der Waals surface area contributed by atoms with E-state index in [1.165, 1.54) is 0 Å². The minimum Gasteiger partial charge on any atom is -0.351 e. The Balaban J connectivity index is 1.70. The Morgan fingerprint density at radius 1 is 1.07 bits per heavy atom.